The van der Waals surface area contributed by atoms with Gasteiger partial charge in [0.15, 0.2) is 11.5 Å². The molecule has 0 saturated heterocycles. The van der Waals surface area contributed by atoms with E-state index in [0.717, 1.165) is 12.8 Å². The van der Waals surface area contributed by atoms with Gasteiger partial charge in [0.1, 0.15) is 5.69 Å². The summed E-state index contributed by atoms with van der Waals surface area (Å²) in [6.07, 6.45) is 1.68. The lowest BCUT2D eigenvalue weighted by molar-refractivity contribution is -0.169. The average Bonchev–Trinajstić information content (AvgIpc) is 3.94. The van der Waals surface area contributed by atoms with Gasteiger partial charge in [-0.05, 0) is 84.7 Å². The smallest absolute Gasteiger partial charge is 0.360 e. The van der Waals surface area contributed by atoms with Gasteiger partial charge in [0.25, 0.3) is 5.91 Å². The summed E-state index contributed by atoms with van der Waals surface area (Å²) in [7, 11) is 0. The van der Waals surface area contributed by atoms with Crippen LogP contribution in [0.15, 0.2) is 55.1 Å². The molecule has 1 fully saturated rings. The van der Waals surface area contributed by atoms with Gasteiger partial charge in [0.2, 0.25) is 6.29 Å². The Labute approximate surface area is 303 Å². The molecule has 1 aromatic heterocycles. The van der Waals surface area contributed by atoms with Crippen LogP contribution in [0.2, 0.25) is 0 Å². The van der Waals surface area contributed by atoms with Crippen molar-refractivity contribution in [3.8, 4) is 11.1 Å². The number of aromatic nitrogens is 1. The number of benzene rings is 2. The number of ether oxygens (including phenoxy) is 3. The van der Waals surface area contributed by atoms with E-state index < -0.39 is 42.6 Å². The van der Waals surface area contributed by atoms with Crippen molar-refractivity contribution in [1.82, 2.24) is 10.3 Å². The number of pyridine rings is 1. The SMILES string of the molecule is C=Cc1cc(C(=O)Cc2ccc(C(=N)CC(=O)OC(C)C)cc2)c(-c2ccc(C(=O)NCC3CC3)nc2C(=O)OC(C)OC(=O)C(C)C)cc1CO. The van der Waals surface area contributed by atoms with E-state index in [2.05, 4.69) is 16.9 Å². The number of carbonyl (C=O) groups excluding carboxylic acids is 5. The third-order valence-corrected chi connectivity index (χ3v) is 8.21. The fraction of sp³-hybridized carbons (Fsp3) is 0.375. The highest BCUT2D eigenvalue weighted by Gasteiger charge is 2.28. The van der Waals surface area contributed by atoms with Crippen LogP contribution in [0.3, 0.4) is 0 Å². The van der Waals surface area contributed by atoms with Crippen molar-refractivity contribution < 1.29 is 43.3 Å². The average molecular weight is 712 g/mol. The zero-order chi connectivity index (χ0) is 38.1. The second kappa shape index (κ2) is 17.6. The minimum atomic E-state index is -1.29. The van der Waals surface area contributed by atoms with Gasteiger partial charge < -0.3 is 30.0 Å². The summed E-state index contributed by atoms with van der Waals surface area (Å²) in [5.41, 5.74) is 2.34. The molecule has 0 radical (unpaired) electrons. The topological polar surface area (TPSA) is 182 Å². The summed E-state index contributed by atoms with van der Waals surface area (Å²) in [5, 5.41) is 21.3. The molecule has 52 heavy (non-hydrogen) atoms. The van der Waals surface area contributed by atoms with Crippen molar-refractivity contribution in [1.29, 1.82) is 5.41 Å². The number of hydrogen-bond donors (Lipinski definition) is 3. The third kappa shape index (κ3) is 10.5. The summed E-state index contributed by atoms with van der Waals surface area (Å²) >= 11 is 0. The van der Waals surface area contributed by atoms with Crippen LogP contribution in [0.1, 0.15) is 107 Å². The van der Waals surface area contributed by atoms with E-state index in [0.29, 0.717) is 34.7 Å². The monoisotopic (exact) mass is 711 g/mol. The Hall–Kier alpha value is -5.49. The van der Waals surface area contributed by atoms with E-state index in [1.807, 2.05) is 0 Å². The molecule has 1 saturated carbocycles. The van der Waals surface area contributed by atoms with Crippen molar-refractivity contribution in [2.75, 3.05) is 6.54 Å². The minimum Gasteiger partial charge on any atom is -0.463 e. The molecule has 12 heteroatoms. The number of esters is 3. The number of carbonyl (C=O) groups is 5. The quantitative estimate of drug-likeness (QED) is 0.0664. The van der Waals surface area contributed by atoms with Crippen LogP contribution in [0.25, 0.3) is 17.2 Å². The number of amides is 1. The predicted octanol–water partition coefficient (Wildman–Crippen LogP) is 5.86. The minimum absolute atomic E-state index is 0.0516. The van der Waals surface area contributed by atoms with Crippen LogP contribution < -0.4 is 5.32 Å². The second-order valence-electron chi connectivity index (χ2n) is 13.3. The molecule has 3 N–H and O–H groups in total. The molecule has 1 unspecified atom stereocenters. The van der Waals surface area contributed by atoms with Gasteiger partial charge in [-0.15, -0.1) is 0 Å². The van der Waals surface area contributed by atoms with Gasteiger partial charge in [-0.3, -0.25) is 19.2 Å². The van der Waals surface area contributed by atoms with Crippen molar-refractivity contribution in [2.24, 2.45) is 11.8 Å². The number of Topliss-reactive ketones (excluding diaryl/α,β-unsaturated/α-hetero) is 1. The van der Waals surface area contributed by atoms with E-state index in [4.69, 9.17) is 19.6 Å². The molecular formula is C40H45N3O9. The first kappa shape index (κ1) is 39.3. The molecule has 1 atom stereocenters. The number of rotatable bonds is 17. The Morgan fingerprint density at radius 3 is 2.25 bits per heavy atom. The molecule has 1 amide bonds. The Morgan fingerprint density at radius 1 is 0.962 bits per heavy atom. The molecule has 1 aliphatic carbocycles. The number of nitrogens with zero attached hydrogens (tertiary/aromatic N) is 1. The van der Waals surface area contributed by atoms with Crippen molar-refractivity contribution in [2.45, 2.75) is 79.3 Å². The standard InChI is InChI=1S/C40H45N3O9/c1-7-27-17-32(35(45)16-25-10-12-28(13-11-25)33(41)19-36(46)50-23(4)5)31(18-29(27)21-44)30-14-15-34(38(47)42-20-26-8-9-26)43-37(30)40(49)52-24(6)51-39(48)22(2)3/h7,10-15,17-18,22-24,26,41,44H,1,8-9,16,19-21H2,2-6H3,(H,42,47). The Bertz CT molecular complexity index is 1860. The van der Waals surface area contributed by atoms with Crippen LogP contribution in [0.4, 0.5) is 0 Å². The molecule has 0 bridgehead atoms. The van der Waals surface area contributed by atoms with Gasteiger partial charge in [-0.1, -0.05) is 50.8 Å². The molecule has 274 valence electrons. The van der Waals surface area contributed by atoms with Crippen molar-refractivity contribution in [3.05, 3.63) is 94.3 Å². The summed E-state index contributed by atoms with van der Waals surface area (Å²) in [6.45, 7) is 12.0. The van der Waals surface area contributed by atoms with Crippen molar-refractivity contribution >= 4 is 41.4 Å². The summed E-state index contributed by atoms with van der Waals surface area (Å²) in [4.78, 5) is 69.4. The maximum absolute atomic E-state index is 14.1. The Kier molecular flexibility index (Phi) is 13.3. The maximum atomic E-state index is 14.1. The Morgan fingerprint density at radius 2 is 1.65 bits per heavy atom. The number of aliphatic hydroxyl groups excluding tert-OH is 1. The zero-order valence-electron chi connectivity index (χ0n) is 30.1. The lowest BCUT2D eigenvalue weighted by Crippen LogP contribution is -2.28. The highest BCUT2D eigenvalue weighted by Crippen LogP contribution is 2.33. The normalized spacial score (nSPS) is 12.9. The van der Waals surface area contributed by atoms with Crippen LogP contribution >= 0.6 is 0 Å². The largest absolute Gasteiger partial charge is 0.463 e. The van der Waals surface area contributed by atoms with Gasteiger partial charge in [0, 0.05) is 36.7 Å². The van der Waals surface area contributed by atoms with Crippen LogP contribution in [0.5, 0.6) is 0 Å². The van der Waals surface area contributed by atoms with Crippen molar-refractivity contribution in [3.63, 3.8) is 0 Å². The van der Waals surface area contributed by atoms with Gasteiger partial charge in [-0.2, -0.15) is 0 Å². The fourth-order valence-corrected chi connectivity index (χ4v) is 5.24. The van der Waals surface area contributed by atoms with E-state index in [-0.39, 0.29) is 58.5 Å². The highest BCUT2D eigenvalue weighted by molar-refractivity contribution is 6.09. The number of nitrogens with one attached hydrogen (secondary N) is 2. The van der Waals surface area contributed by atoms with Gasteiger partial charge in [0.05, 0.1) is 25.0 Å². The lowest BCUT2D eigenvalue weighted by Gasteiger charge is -2.19. The molecule has 1 heterocycles. The number of hydrogen-bond acceptors (Lipinski definition) is 11. The number of aliphatic hydroxyl groups is 1. The summed E-state index contributed by atoms with van der Waals surface area (Å²) in [5.74, 6) is -3.01. The third-order valence-electron chi connectivity index (χ3n) is 8.21. The zero-order valence-corrected chi connectivity index (χ0v) is 30.1. The molecule has 3 aromatic rings. The summed E-state index contributed by atoms with van der Waals surface area (Å²) < 4.78 is 15.8. The molecule has 0 spiro atoms. The molecule has 2 aromatic carbocycles. The molecule has 0 aliphatic heterocycles. The molecule has 4 rings (SSSR count). The van der Waals surface area contributed by atoms with Gasteiger partial charge in [-0.25, -0.2) is 9.78 Å². The lowest BCUT2D eigenvalue weighted by atomic mass is 9.89. The second-order valence-corrected chi connectivity index (χ2v) is 13.3. The van der Waals surface area contributed by atoms with E-state index >= 15 is 0 Å². The van der Waals surface area contributed by atoms with Crippen LogP contribution in [-0.4, -0.2) is 64.3 Å². The molecule has 1 aliphatic rings. The first-order chi connectivity index (χ1) is 24.7. The van der Waals surface area contributed by atoms with E-state index in [9.17, 15) is 29.1 Å². The van der Waals surface area contributed by atoms with Crippen LogP contribution in [0, 0.1) is 17.2 Å². The Balaban J connectivity index is 1.71. The molecule has 12 nitrogen and oxygen atoms in total. The van der Waals surface area contributed by atoms with E-state index in [1.54, 1.807) is 64.1 Å². The number of ketones is 1. The first-order valence-corrected chi connectivity index (χ1v) is 17.2. The first-order valence-electron chi connectivity index (χ1n) is 17.2. The summed E-state index contributed by atoms with van der Waals surface area (Å²) in [6, 6.07) is 12.7. The maximum Gasteiger partial charge on any atom is 0.360 e. The fourth-order valence-electron chi connectivity index (χ4n) is 5.24. The highest BCUT2D eigenvalue weighted by atomic mass is 16.7. The molecular weight excluding hydrogens is 666 g/mol. The van der Waals surface area contributed by atoms with E-state index in [1.165, 1.54) is 25.1 Å². The van der Waals surface area contributed by atoms with Crippen LogP contribution in [-0.2, 0) is 36.8 Å². The predicted molar refractivity (Wildman–Crippen MR) is 194 cm³/mol. The van der Waals surface area contributed by atoms with Gasteiger partial charge >= 0.3 is 17.9 Å².